The minimum atomic E-state index is 0.272. The van der Waals surface area contributed by atoms with Gasteiger partial charge in [-0.05, 0) is 41.7 Å². The Morgan fingerprint density at radius 3 is 2.41 bits per heavy atom. The van der Waals surface area contributed by atoms with Crippen LogP contribution in [0, 0.1) is 0 Å². The van der Waals surface area contributed by atoms with Crippen molar-refractivity contribution in [2.75, 3.05) is 0 Å². The number of aryl methyl sites for hydroxylation is 1. The molecule has 2 aromatic rings. The third-order valence-corrected chi connectivity index (χ3v) is 4.90. The van der Waals surface area contributed by atoms with Crippen LogP contribution in [0.4, 0.5) is 0 Å². The van der Waals surface area contributed by atoms with Crippen LogP contribution in [0.5, 0.6) is 0 Å². The minimum absolute atomic E-state index is 0.272. The maximum Gasteiger partial charge on any atom is 0.137 e. The normalized spacial score (nSPS) is 10.7. The molecule has 2 rings (SSSR count). The number of hydrogen-bond acceptors (Lipinski definition) is 1. The van der Waals surface area contributed by atoms with Crippen LogP contribution >= 0.6 is 39.1 Å². The zero-order valence-electron chi connectivity index (χ0n) is 12.1. The molecule has 0 bridgehead atoms. The predicted octanol–water partition coefficient (Wildman–Crippen LogP) is 6.02. The van der Waals surface area contributed by atoms with Gasteiger partial charge in [0.05, 0.1) is 10.0 Å². The Bertz CT molecular complexity index is 655. The molecule has 0 N–H and O–H groups in total. The van der Waals surface area contributed by atoms with Crippen molar-refractivity contribution in [1.82, 2.24) is 0 Å². The third kappa shape index (κ3) is 5.12. The molecule has 0 aliphatic carbocycles. The lowest BCUT2D eigenvalue weighted by atomic mass is 10.00. The van der Waals surface area contributed by atoms with Gasteiger partial charge in [-0.25, -0.2) is 0 Å². The van der Waals surface area contributed by atoms with Gasteiger partial charge in [0.2, 0.25) is 0 Å². The number of benzene rings is 2. The molecule has 0 aliphatic heterocycles. The molecule has 0 aliphatic rings. The smallest absolute Gasteiger partial charge is 0.137 e. The highest BCUT2D eigenvalue weighted by atomic mass is 79.9. The summed E-state index contributed by atoms with van der Waals surface area (Å²) in [5.74, 6) is 0.272. The van der Waals surface area contributed by atoms with Crippen molar-refractivity contribution in [2.24, 2.45) is 0 Å². The zero-order valence-corrected chi connectivity index (χ0v) is 15.2. The van der Waals surface area contributed by atoms with Crippen LogP contribution in [0.3, 0.4) is 0 Å². The van der Waals surface area contributed by atoms with Gasteiger partial charge in [0.15, 0.2) is 0 Å². The summed E-state index contributed by atoms with van der Waals surface area (Å²) in [6.07, 6.45) is 2.75. The Labute approximate surface area is 149 Å². The topological polar surface area (TPSA) is 17.1 Å². The molecule has 116 valence electrons. The highest BCUT2D eigenvalue weighted by molar-refractivity contribution is 9.08. The maximum absolute atomic E-state index is 12.1. The monoisotopic (exact) mass is 398 g/mol. The van der Waals surface area contributed by atoms with Crippen LogP contribution in [-0.2, 0) is 23.0 Å². The van der Waals surface area contributed by atoms with E-state index in [2.05, 4.69) is 15.9 Å². The fourth-order valence-corrected chi connectivity index (χ4v) is 3.21. The molecule has 0 saturated carbocycles. The first kappa shape index (κ1) is 17.5. The summed E-state index contributed by atoms with van der Waals surface area (Å²) in [6.45, 7) is 0. The molecule has 0 amide bonds. The van der Waals surface area contributed by atoms with Crippen LogP contribution in [0.2, 0.25) is 10.0 Å². The van der Waals surface area contributed by atoms with E-state index in [-0.39, 0.29) is 5.78 Å². The summed E-state index contributed by atoms with van der Waals surface area (Å²) in [5.41, 5.74) is 3.40. The lowest BCUT2D eigenvalue weighted by Gasteiger charge is -2.07. The van der Waals surface area contributed by atoms with Crippen molar-refractivity contribution < 1.29 is 4.79 Å². The molecular formula is C18H17BrCl2O. The minimum Gasteiger partial charge on any atom is -0.299 e. The van der Waals surface area contributed by atoms with Crippen LogP contribution in [-0.4, -0.2) is 5.78 Å². The van der Waals surface area contributed by atoms with Crippen LogP contribution in [0.15, 0.2) is 42.5 Å². The van der Waals surface area contributed by atoms with E-state index in [1.54, 1.807) is 6.07 Å². The molecule has 0 aromatic heterocycles. The molecule has 2 aromatic carbocycles. The zero-order chi connectivity index (χ0) is 15.9. The number of alkyl halides is 1. The second-order valence-electron chi connectivity index (χ2n) is 5.22. The van der Waals surface area contributed by atoms with E-state index in [1.807, 2.05) is 36.4 Å². The molecule has 0 unspecified atom stereocenters. The summed E-state index contributed by atoms with van der Waals surface area (Å²) < 4.78 is 0. The number of carbonyl (C=O) groups is 1. The number of ketones is 1. The first-order chi connectivity index (χ1) is 10.6. The lowest BCUT2D eigenvalue weighted by Crippen LogP contribution is -2.05. The van der Waals surface area contributed by atoms with Crippen LogP contribution in [0.25, 0.3) is 0 Å². The molecule has 0 radical (unpaired) electrons. The van der Waals surface area contributed by atoms with Gasteiger partial charge >= 0.3 is 0 Å². The van der Waals surface area contributed by atoms with Gasteiger partial charge in [0.25, 0.3) is 0 Å². The number of carbonyl (C=O) groups excluding carboxylic acids is 1. The van der Waals surface area contributed by atoms with Crippen LogP contribution < -0.4 is 0 Å². The van der Waals surface area contributed by atoms with Gasteiger partial charge in [0.1, 0.15) is 5.78 Å². The maximum atomic E-state index is 12.1. The number of hydrogen-bond donors (Lipinski definition) is 0. The van der Waals surface area contributed by atoms with E-state index in [0.717, 1.165) is 29.3 Å². The fraction of sp³-hybridized carbons (Fsp3) is 0.278. The third-order valence-electron chi connectivity index (χ3n) is 3.56. The van der Waals surface area contributed by atoms with Crippen molar-refractivity contribution in [3.8, 4) is 0 Å². The van der Waals surface area contributed by atoms with Gasteiger partial charge in [-0.2, -0.15) is 0 Å². The van der Waals surface area contributed by atoms with Gasteiger partial charge in [-0.3, -0.25) is 4.79 Å². The van der Waals surface area contributed by atoms with Crippen molar-refractivity contribution in [3.63, 3.8) is 0 Å². The number of halogens is 3. The van der Waals surface area contributed by atoms with E-state index in [4.69, 9.17) is 23.2 Å². The van der Waals surface area contributed by atoms with E-state index in [0.29, 0.717) is 22.9 Å². The molecular weight excluding hydrogens is 383 g/mol. The average molecular weight is 400 g/mol. The van der Waals surface area contributed by atoms with Crippen molar-refractivity contribution in [2.45, 2.75) is 31.0 Å². The quantitative estimate of drug-likeness (QED) is 0.520. The molecule has 22 heavy (non-hydrogen) atoms. The first-order valence-electron chi connectivity index (χ1n) is 7.18. The summed E-state index contributed by atoms with van der Waals surface area (Å²) in [7, 11) is 0. The van der Waals surface area contributed by atoms with Crippen LogP contribution in [0.1, 0.15) is 29.5 Å². The molecule has 0 atom stereocenters. The summed E-state index contributed by atoms with van der Waals surface area (Å²) in [6, 6.07) is 13.7. The molecule has 4 heteroatoms. The highest BCUT2D eigenvalue weighted by Gasteiger charge is 2.08. The Balaban J connectivity index is 1.84. The Hall–Kier alpha value is -0.830. The number of rotatable bonds is 7. The SMILES string of the molecule is O=C(CCCc1ccc(Cl)c(Cl)c1)Cc1ccccc1CBr. The largest absolute Gasteiger partial charge is 0.299 e. The van der Waals surface area contributed by atoms with E-state index in [9.17, 15) is 4.79 Å². The molecule has 0 spiro atoms. The van der Waals surface area contributed by atoms with E-state index in [1.165, 1.54) is 5.56 Å². The van der Waals surface area contributed by atoms with Crippen molar-refractivity contribution in [1.29, 1.82) is 0 Å². The lowest BCUT2D eigenvalue weighted by molar-refractivity contribution is -0.118. The predicted molar refractivity (Wildman–Crippen MR) is 97.2 cm³/mol. The molecule has 0 fully saturated rings. The second kappa shape index (κ2) is 8.71. The highest BCUT2D eigenvalue weighted by Crippen LogP contribution is 2.23. The van der Waals surface area contributed by atoms with Gasteiger partial charge in [0, 0.05) is 18.2 Å². The summed E-state index contributed by atoms with van der Waals surface area (Å²) in [5, 5.41) is 1.91. The average Bonchev–Trinajstić information content (AvgIpc) is 2.51. The molecule has 0 saturated heterocycles. The van der Waals surface area contributed by atoms with Gasteiger partial charge < -0.3 is 0 Å². The second-order valence-corrected chi connectivity index (χ2v) is 6.59. The Kier molecular flexibility index (Phi) is 6.94. The summed E-state index contributed by atoms with van der Waals surface area (Å²) in [4.78, 5) is 12.1. The van der Waals surface area contributed by atoms with Gasteiger partial charge in [-0.15, -0.1) is 0 Å². The standard InChI is InChI=1S/C18H17BrCl2O/c19-12-15-6-2-1-5-14(15)11-16(22)7-3-4-13-8-9-17(20)18(21)10-13/h1-2,5-6,8-10H,3-4,7,11-12H2. The van der Waals surface area contributed by atoms with E-state index >= 15 is 0 Å². The molecule has 1 nitrogen and oxygen atoms in total. The van der Waals surface area contributed by atoms with E-state index < -0.39 is 0 Å². The fourth-order valence-electron chi connectivity index (χ4n) is 2.35. The summed E-state index contributed by atoms with van der Waals surface area (Å²) >= 11 is 15.3. The van der Waals surface area contributed by atoms with Gasteiger partial charge in [-0.1, -0.05) is 69.5 Å². The Morgan fingerprint density at radius 2 is 1.73 bits per heavy atom. The first-order valence-corrected chi connectivity index (χ1v) is 9.06. The Morgan fingerprint density at radius 1 is 1.00 bits per heavy atom. The number of Topliss-reactive ketones (excluding diaryl/α,β-unsaturated/α-hetero) is 1. The molecule has 0 heterocycles. The van der Waals surface area contributed by atoms with Crippen molar-refractivity contribution >= 4 is 44.9 Å². The van der Waals surface area contributed by atoms with Crippen molar-refractivity contribution in [3.05, 3.63) is 69.2 Å².